The van der Waals surface area contributed by atoms with E-state index in [1.54, 1.807) is 24.5 Å². The summed E-state index contributed by atoms with van der Waals surface area (Å²) in [6, 6.07) is 4.76. The summed E-state index contributed by atoms with van der Waals surface area (Å²) in [5, 5.41) is 11.3. The van der Waals surface area contributed by atoms with Gasteiger partial charge in [0.05, 0.1) is 24.0 Å². The van der Waals surface area contributed by atoms with E-state index in [9.17, 15) is 4.39 Å². The van der Waals surface area contributed by atoms with E-state index in [0.717, 1.165) is 50.1 Å². The lowest BCUT2D eigenvalue weighted by Gasteiger charge is -2.32. The molecule has 2 fully saturated rings. The number of aromatic nitrogens is 6. The van der Waals surface area contributed by atoms with Gasteiger partial charge in [-0.3, -0.25) is 0 Å². The molecule has 2 aliphatic rings. The Labute approximate surface area is 184 Å². The standard InChI is InChI=1S/C21H23ClFN7O/c22-16-11-24-21(25-12-16)29-6-3-14(4-7-29)18-9-15(18)5-8-31-17-1-2-20(19(23)10-17)30-13-26-27-28-30/h1-2,10-15,18H,3-9H2/t15-,18+/m1/s1. The summed E-state index contributed by atoms with van der Waals surface area (Å²) < 4.78 is 21.4. The number of hydrogen-bond acceptors (Lipinski definition) is 7. The maximum atomic E-state index is 14.3. The maximum Gasteiger partial charge on any atom is 0.225 e. The highest BCUT2D eigenvalue weighted by Gasteiger charge is 2.43. The Bertz CT molecular complexity index is 1010. The highest BCUT2D eigenvalue weighted by Crippen LogP contribution is 2.49. The third-order valence-electron chi connectivity index (χ3n) is 6.28. The van der Waals surface area contributed by atoms with Gasteiger partial charge in [0.1, 0.15) is 17.8 Å². The van der Waals surface area contributed by atoms with Gasteiger partial charge < -0.3 is 9.64 Å². The van der Waals surface area contributed by atoms with Crippen LogP contribution < -0.4 is 9.64 Å². The summed E-state index contributed by atoms with van der Waals surface area (Å²) in [5.74, 6) is 3.11. The smallest absolute Gasteiger partial charge is 0.225 e. The molecular formula is C21H23ClFN7O. The molecule has 1 aromatic carbocycles. The van der Waals surface area contributed by atoms with Gasteiger partial charge in [-0.1, -0.05) is 11.6 Å². The average Bonchev–Trinajstić information content (AvgIpc) is 3.35. The van der Waals surface area contributed by atoms with E-state index < -0.39 is 5.82 Å². The third kappa shape index (κ3) is 4.61. The van der Waals surface area contributed by atoms with Crippen LogP contribution in [0.15, 0.2) is 36.9 Å². The Balaban J connectivity index is 1.05. The first-order valence-corrected chi connectivity index (χ1v) is 10.9. The van der Waals surface area contributed by atoms with Crippen molar-refractivity contribution >= 4 is 17.5 Å². The van der Waals surface area contributed by atoms with Crippen molar-refractivity contribution in [2.45, 2.75) is 25.7 Å². The first-order valence-electron chi connectivity index (χ1n) is 10.6. The Morgan fingerprint density at radius 1 is 1.16 bits per heavy atom. The molecule has 8 nitrogen and oxygen atoms in total. The summed E-state index contributed by atoms with van der Waals surface area (Å²) in [4.78, 5) is 10.9. The van der Waals surface area contributed by atoms with E-state index in [-0.39, 0.29) is 0 Å². The molecule has 31 heavy (non-hydrogen) atoms. The molecule has 1 aliphatic carbocycles. The lowest BCUT2D eigenvalue weighted by molar-refractivity contribution is 0.283. The normalized spacial score (nSPS) is 21.3. The van der Waals surface area contributed by atoms with Gasteiger partial charge in [-0.05, 0) is 66.0 Å². The van der Waals surface area contributed by atoms with Crippen molar-refractivity contribution in [2.24, 2.45) is 17.8 Å². The number of halogens is 2. The zero-order valence-electron chi connectivity index (χ0n) is 16.9. The first kappa shape index (κ1) is 20.1. The van der Waals surface area contributed by atoms with Crippen molar-refractivity contribution in [2.75, 3.05) is 24.6 Å². The van der Waals surface area contributed by atoms with E-state index in [2.05, 4.69) is 30.4 Å². The van der Waals surface area contributed by atoms with Crippen LogP contribution in [-0.4, -0.2) is 49.9 Å². The molecule has 0 bridgehead atoms. The van der Waals surface area contributed by atoms with Gasteiger partial charge in [-0.15, -0.1) is 5.10 Å². The molecule has 2 atom stereocenters. The molecule has 5 rings (SSSR count). The fraction of sp³-hybridized carbons (Fsp3) is 0.476. The zero-order valence-corrected chi connectivity index (χ0v) is 17.7. The second kappa shape index (κ2) is 8.74. The number of hydrogen-bond donors (Lipinski definition) is 0. The quantitative estimate of drug-likeness (QED) is 0.552. The predicted molar refractivity (Wildman–Crippen MR) is 113 cm³/mol. The Kier molecular flexibility index (Phi) is 5.67. The van der Waals surface area contributed by atoms with Crippen LogP contribution in [0, 0.1) is 23.6 Å². The van der Waals surface area contributed by atoms with Crippen molar-refractivity contribution in [1.29, 1.82) is 0 Å². The van der Waals surface area contributed by atoms with Crippen LogP contribution in [0.5, 0.6) is 5.75 Å². The molecule has 1 saturated heterocycles. The molecule has 3 heterocycles. The van der Waals surface area contributed by atoms with E-state index in [1.165, 1.54) is 23.5 Å². The topological polar surface area (TPSA) is 81.9 Å². The van der Waals surface area contributed by atoms with Crippen LogP contribution in [0.25, 0.3) is 5.69 Å². The van der Waals surface area contributed by atoms with Gasteiger partial charge >= 0.3 is 0 Å². The van der Waals surface area contributed by atoms with Gasteiger partial charge in [-0.25, -0.2) is 14.4 Å². The van der Waals surface area contributed by atoms with Gasteiger partial charge in [0.15, 0.2) is 5.82 Å². The number of ether oxygens (including phenoxy) is 1. The fourth-order valence-electron chi connectivity index (χ4n) is 4.54. The lowest BCUT2D eigenvalue weighted by atomic mass is 9.90. The highest BCUT2D eigenvalue weighted by atomic mass is 35.5. The number of anilines is 1. The van der Waals surface area contributed by atoms with Crippen molar-refractivity contribution in [3.05, 3.63) is 47.8 Å². The largest absolute Gasteiger partial charge is 0.493 e. The van der Waals surface area contributed by atoms with E-state index in [4.69, 9.17) is 16.3 Å². The molecule has 1 aliphatic heterocycles. The molecule has 0 spiro atoms. The van der Waals surface area contributed by atoms with Crippen molar-refractivity contribution in [1.82, 2.24) is 30.2 Å². The minimum Gasteiger partial charge on any atom is -0.493 e. The van der Waals surface area contributed by atoms with Crippen LogP contribution in [-0.2, 0) is 0 Å². The lowest BCUT2D eigenvalue weighted by Crippen LogP contribution is -2.35. The highest BCUT2D eigenvalue weighted by molar-refractivity contribution is 6.30. The predicted octanol–water partition coefficient (Wildman–Crippen LogP) is 3.57. The zero-order chi connectivity index (χ0) is 21.2. The Morgan fingerprint density at radius 3 is 2.68 bits per heavy atom. The number of tetrazole rings is 1. The van der Waals surface area contributed by atoms with E-state index >= 15 is 0 Å². The molecule has 0 amide bonds. The molecule has 3 aromatic rings. The number of piperidine rings is 1. The maximum absolute atomic E-state index is 14.3. The minimum atomic E-state index is -0.412. The number of benzene rings is 1. The SMILES string of the molecule is Fc1cc(OCC[C@@H]2C[C@H]2C2CCN(c3ncc(Cl)cn3)CC2)ccc1-n1cnnn1. The van der Waals surface area contributed by atoms with Gasteiger partial charge in [-0.2, -0.15) is 4.68 Å². The molecule has 10 heteroatoms. The van der Waals surface area contributed by atoms with Gasteiger partial charge in [0.25, 0.3) is 0 Å². The molecule has 2 aromatic heterocycles. The van der Waals surface area contributed by atoms with Crippen molar-refractivity contribution in [3.8, 4) is 11.4 Å². The summed E-state index contributed by atoms with van der Waals surface area (Å²) in [6.45, 7) is 2.57. The molecule has 1 saturated carbocycles. The molecule has 162 valence electrons. The average molecular weight is 444 g/mol. The van der Waals surface area contributed by atoms with Crippen molar-refractivity contribution in [3.63, 3.8) is 0 Å². The molecule has 0 unspecified atom stereocenters. The van der Waals surface area contributed by atoms with Gasteiger partial charge in [0.2, 0.25) is 5.95 Å². The summed E-state index contributed by atoms with van der Waals surface area (Å²) in [7, 11) is 0. The number of nitrogens with zero attached hydrogens (tertiary/aromatic N) is 7. The summed E-state index contributed by atoms with van der Waals surface area (Å²) >= 11 is 5.88. The summed E-state index contributed by atoms with van der Waals surface area (Å²) in [5.41, 5.74) is 0.301. The Morgan fingerprint density at radius 2 is 1.97 bits per heavy atom. The van der Waals surface area contributed by atoms with Crippen molar-refractivity contribution < 1.29 is 9.13 Å². The fourth-order valence-corrected chi connectivity index (χ4v) is 4.64. The molecule has 0 N–H and O–H groups in total. The van der Waals surface area contributed by atoms with Crippen LogP contribution in [0.1, 0.15) is 25.7 Å². The molecule has 0 radical (unpaired) electrons. The monoisotopic (exact) mass is 443 g/mol. The van der Waals surface area contributed by atoms with Gasteiger partial charge in [0, 0.05) is 19.2 Å². The second-order valence-electron chi connectivity index (χ2n) is 8.19. The Hall–Kier alpha value is -2.81. The minimum absolute atomic E-state index is 0.301. The molecular weight excluding hydrogens is 421 g/mol. The van der Waals surface area contributed by atoms with Crippen LogP contribution in [0.2, 0.25) is 5.02 Å². The van der Waals surface area contributed by atoms with Crippen LogP contribution in [0.4, 0.5) is 10.3 Å². The second-order valence-corrected chi connectivity index (χ2v) is 8.63. The summed E-state index contributed by atoms with van der Waals surface area (Å²) in [6.07, 6.45) is 9.25. The first-order chi connectivity index (χ1) is 15.2. The third-order valence-corrected chi connectivity index (χ3v) is 6.48. The number of rotatable bonds is 7. The van der Waals surface area contributed by atoms with Crippen LogP contribution >= 0.6 is 11.6 Å². The van der Waals surface area contributed by atoms with E-state index in [0.29, 0.717) is 29.0 Å². The van der Waals surface area contributed by atoms with Crippen LogP contribution in [0.3, 0.4) is 0 Å². The van der Waals surface area contributed by atoms with E-state index in [1.807, 2.05) is 0 Å².